The number of nitrogens with zero attached hydrogens (tertiary/aromatic N) is 1. The normalized spacial score (nSPS) is 24.9. The molecule has 1 aromatic carbocycles. The zero-order chi connectivity index (χ0) is 32.4. The maximum absolute atomic E-state index is 16.8. The van der Waals surface area contributed by atoms with Gasteiger partial charge in [0.15, 0.2) is 20.2 Å². The van der Waals surface area contributed by atoms with Gasteiger partial charge in [-0.1, -0.05) is 39.0 Å². The molecule has 0 saturated carbocycles. The van der Waals surface area contributed by atoms with Crippen LogP contribution in [0.5, 0.6) is 5.75 Å². The van der Waals surface area contributed by atoms with Gasteiger partial charge in [0, 0.05) is 12.3 Å². The molecule has 1 aliphatic rings. The summed E-state index contributed by atoms with van der Waals surface area (Å²) in [5, 5.41) is 2.28. The van der Waals surface area contributed by atoms with Gasteiger partial charge in [-0.3, -0.25) is 23.7 Å². The number of H-pyrrole nitrogens is 1. The maximum Gasteiger partial charge on any atom is 0.459 e. The molecule has 43 heavy (non-hydrogen) atoms. The number of carbonyl (C=O) groups is 1. The van der Waals surface area contributed by atoms with E-state index in [1.165, 1.54) is 13.8 Å². The summed E-state index contributed by atoms with van der Waals surface area (Å²) in [6, 6.07) is 8.17. The van der Waals surface area contributed by atoms with E-state index in [9.17, 15) is 18.9 Å². The zero-order valence-electron chi connectivity index (χ0n) is 26.1. The van der Waals surface area contributed by atoms with Crippen molar-refractivity contribution >= 4 is 22.0 Å². The van der Waals surface area contributed by atoms with Gasteiger partial charge in [0.25, 0.3) is 5.56 Å². The molecular formula is C28H43FN3O9PSi. The quantitative estimate of drug-likeness (QED) is 0.190. The first-order valence-electron chi connectivity index (χ1n) is 14.1. The van der Waals surface area contributed by atoms with Crippen LogP contribution in [0.3, 0.4) is 0 Å². The number of aromatic amines is 1. The second-order valence-electron chi connectivity index (χ2n) is 12.5. The molecule has 240 valence electrons. The molecule has 6 atom stereocenters. The molecule has 0 bridgehead atoms. The van der Waals surface area contributed by atoms with Crippen molar-refractivity contribution in [3.8, 4) is 5.75 Å². The third-order valence-electron chi connectivity index (χ3n) is 7.45. The molecule has 0 spiro atoms. The molecule has 2 heterocycles. The predicted octanol–water partition coefficient (Wildman–Crippen LogP) is 4.69. The number of alkyl halides is 1. The monoisotopic (exact) mass is 643 g/mol. The Morgan fingerprint density at radius 1 is 1.19 bits per heavy atom. The summed E-state index contributed by atoms with van der Waals surface area (Å²) in [6.45, 7) is 15.4. The van der Waals surface area contributed by atoms with Crippen molar-refractivity contribution in [2.45, 2.75) is 103 Å². The lowest BCUT2D eigenvalue weighted by Crippen LogP contribution is -2.53. The first-order chi connectivity index (χ1) is 19.8. The van der Waals surface area contributed by atoms with Crippen LogP contribution in [0.4, 0.5) is 4.39 Å². The van der Waals surface area contributed by atoms with Crippen molar-refractivity contribution in [3.05, 3.63) is 63.4 Å². The van der Waals surface area contributed by atoms with Crippen molar-refractivity contribution < 1.29 is 36.7 Å². The van der Waals surface area contributed by atoms with Gasteiger partial charge in [-0.05, 0) is 58.0 Å². The van der Waals surface area contributed by atoms with E-state index in [4.69, 9.17) is 22.9 Å². The van der Waals surface area contributed by atoms with Gasteiger partial charge < -0.3 is 18.4 Å². The van der Waals surface area contributed by atoms with Crippen molar-refractivity contribution in [1.29, 1.82) is 0 Å². The molecule has 1 saturated heterocycles. The van der Waals surface area contributed by atoms with Crippen molar-refractivity contribution in [1.82, 2.24) is 14.6 Å². The fourth-order valence-corrected chi connectivity index (χ4v) is 7.01. The summed E-state index contributed by atoms with van der Waals surface area (Å²) < 4.78 is 61.1. The first kappa shape index (κ1) is 34.9. The Balaban J connectivity index is 1.97. The van der Waals surface area contributed by atoms with Crippen LogP contribution in [-0.2, 0) is 27.8 Å². The van der Waals surface area contributed by atoms with Crippen molar-refractivity contribution in [2.75, 3.05) is 6.61 Å². The van der Waals surface area contributed by atoms with Gasteiger partial charge in [0.2, 0.25) is 0 Å². The summed E-state index contributed by atoms with van der Waals surface area (Å²) in [5.41, 5.74) is -3.81. The Bertz CT molecular complexity index is 1420. The Labute approximate surface area is 251 Å². The van der Waals surface area contributed by atoms with Crippen LogP contribution in [0.2, 0.25) is 18.1 Å². The van der Waals surface area contributed by atoms with E-state index >= 15 is 4.39 Å². The number of hydrogen-bond acceptors (Lipinski definition) is 9. The molecule has 3 rings (SSSR count). The molecule has 1 aromatic heterocycles. The lowest BCUT2D eigenvalue weighted by molar-refractivity contribution is -0.149. The zero-order valence-corrected chi connectivity index (χ0v) is 28.0. The summed E-state index contributed by atoms with van der Waals surface area (Å²) in [5.74, 6) is -0.488. The minimum Gasteiger partial charge on any atom is -0.462 e. The SMILES string of the molecule is CC(C)OC(=O)[C@H](C)N[P@](=O)(OC[C@H]1O[C@@H](n2ccc(=O)[nH]c2=O)[C@](C)(F)[C@@H]1O[Si](C)(C)C(C)(C)C)Oc1ccccc1. The number of rotatable bonds is 12. The van der Waals surface area contributed by atoms with Gasteiger partial charge >= 0.3 is 19.4 Å². The number of nitrogens with one attached hydrogen (secondary N) is 2. The van der Waals surface area contributed by atoms with Crippen LogP contribution in [0.15, 0.2) is 52.2 Å². The van der Waals surface area contributed by atoms with E-state index in [0.717, 1.165) is 16.8 Å². The van der Waals surface area contributed by atoms with Gasteiger partial charge in [-0.2, -0.15) is 5.09 Å². The molecule has 1 aliphatic heterocycles. The highest BCUT2D eigenvalue weighted by Gasteiger charge is 2.59. The second-order valence-corrected chi connectivity index (χ2v) is 19.0. The highest BCUT2D eigenvalue weighted by atomic mass is 31.2. The fraction of sp³-hybridized carbons (Fsp3) is 0.607. The molecule has 0 amide bonds. The average Bonchev–Trinajstić information content (AvgIpc) is 3.11. The number of benzene rings is 1. The molecular weight excluding hydrogens is 600 g/mol. The third kappa shape index (κ3) is 8.52. The molecule has 12 nitrogen and oxygen atoms in total. The van der Waals surface area contributed by atoms with E-state index in [2.05, 4.69) is 10.1 Å². The average molecular weight is 644 g/mol. The topological polar surface area (TPSA) is 147 Å². The molecule has 15 heteroatoms. The number of carbonyl (C=O) groups excluding carboxylic acids is 1. The van der Waals surface area contributed by atoms with Gasteiger partial charge in [0.1, 0.15) is 24.0 Å². The van der Waals surface area contributed by atoms with Crippen molar-refractivity contribution in [3.63, 3.8) is 0 Å². The van der Waals surface area contributed by atoms with Crippen LogP contribution in [0.25, 0.3) is 0 Å². The molecule has 0 unspecified atom stereocenters. The largest absolute Gasteiger partial charge is 0.462 e. The highest BCUT2D eigenvalue weighted by molar-refractivity contribution is 7.52. The Morgan fingerprint density at radius 3 is 2.37 bits per heavy atom. The van der Waals surface area contributed by atoms with E-state index in [-0.39, 0.29) is 10.8 Å². The number of ether oxygens (including phenoxy) is 2. The number of para-hydroxylation sites is 1. The first-order valence-corrected chi connectivity index (χ1v) is 18.5. The van der Waals surface area contributed by atoms with E-state index in [0.29, 0.717) is 0 Å². The van der Waals surface area contributed by atoms with Gasteiger partial charge in [0.05, 0.1) is 12.7 Å². The third-order valence-corrected chi connectivity index (χ3v) is 13.5. The molecule has 2 aromatic rings. The Hall–Kier alpha value is -2.61. The molecule has 0 radical (unpaired) electrons. The minimum atomic E-state index is -4.32. The second kappa shape index (κ2) is 13.2. The molecule has 1 fully saturated rings. The number of hydrogen-bond donors (Lipinski definition) is 2. The molecule has 2 N–H and O–H groups in total. The number of halogens is 1. The van der Waals surface area contributed by atoms with E-state index in [1.54, 1.807) is 44.2 Å². The van der Waals surface area contributed by atoms with Crippen LogP contribution in [0, 0.1) is 0 Å². The summed E-state index contributed by atoms with van der Waals surface area (Å²) >= 11 is 0. The van der Waals surface area contributed by atoms with Crippen LogP contribution < -0.4 is 20.9 Å². The van der Waals surface area contributed by atoms with Crippen molar-refractivity contribution in [2.24, 2.45) is 0 Å². The van der Waals surface area contributed by atoms with Crippen LogP contribution in [-0.4, -0.2) is 60.5 Å². The number of esters is 1. The maximum atomic E-state index is 16.8. The molecule has 0 aliphatic carbocycles. The Kier molecular flexibility index (Phi) is 10.7. The smallest absolute Gasteiger partial charge is 0.459 e. The summed E-state index contributed by atoms with van der Waals surface area (Å²) in [4.78, 5) is 38.9. The standard InChI is InChI=1S/C28H43FN3O9PSi/c1-18(2)38-24(34)19(3)31-42(36,40-20-13-11-10-12-14-20)37-17-21-23(41-43(8,9)27(4,5)6)28(7,29)25(39-21)32-16-15-22(33)30-26(32)35/h10-16,18-19,21,23,25H,17H2,1-9H3,(H,31,36)(H,30,33,35)/t19-,21+,23+,25+,28+,42-/m0/s1. The Morgan fingerprint density at radius 2 is 1.81 bits per heavy atom. The van der Waals surface area contributed by atoms with E-state index < -0.39 is 76.1 Å². The fourth-order valence-electron chi connectivity index (χ4n) is 4.14. The van der Waals surface area contributed by atoms with Gasteiger partial charge in [-0.25, -0.2) is 13.8 Å². The number of aromatic nitrogens is 2. The summed E-state index contributed by atoms with van der Waals surface area (Å²) in [7, 11) is -6.96. The predicted molar refractivity (Wildman–Crippen MR) is 161 cm³/mol. The van der Waals surface area contributed by atoms with Gasteiger partial charge in [-0.15, -0.1) is 0 Å². The summed E-state index contributed by atoms with van der Waals surface area (Å²) in [6.07, 6.45) is -3.24. The highest BCUT2D eigenvalue weighted by Crippen LogP contribution is 2.50. The lowest BCUT2D eigenvalue weighted by atomic mass is 9.98. The van der Waals surface area contributed by atoms with E-state index in [1.807, 2.05) is 33.9 Å². The van der Waals surface area contributed by atoms with Crippen LogP contribution >= 0.6 is 7.75 Å². The lowest BCUT2D eigenvalue weighted by Gasteiger charge is -2.41. The van der Waals surface area contributed by atoms with Crippen LogP contribution in [0.1, 0.15) is 54.7 Å². The minimum absolute atomic E-state index is 0.192.